The Morgan fingerprint density at radius 1 is 1.40 bits per heavy atom. The summed E-state index contributed by atoms with van der Waals surface area (Å²) in [6.07, 6.45) is 1.68. The van der Waals surface area contributed by atoms with Crippen LogP contribution in [0.25, 0.3) is 0 Å². The van der Waals surface area contributed by atoms with Crippen LogP contribution in [0.1, 0.15) is 24.4 Å². The van der Waals surface area contributed by atoms with E-state index in [4.69, 9.17) is 10.6 Å². The Morgan fingerprint density at radius 2 is 2.20 bits per heavy atom. The molecule has 4 heterocycles. The van der Waals surface area contributed by atoms with Crippen molar-refractivity contribution in [1.82, 2.24) is 24.6 Å². The number of hydrogen-bond acceptors (Lipinski definition) is 13. The highest BCUT2D eigenvalue weighted by atomic mass is 32.2. The summed E-state index contributed by atoms with van der Waals surface area (Å²) < 4.78 is 4.86. The summed E-state index contributed by atoms with van der Waals surface area (Å²) in [5, 5.41) is 17.8. The van der Waals surface area contributed by atoms with Crippen LogP contribution < -0.4 is 11.1 Å². The minimum Gasteiger partial charge on any atom is -0.477 e. The molecule has 0 bridgehead atoms. The molecule has 3 aliphatic rings. The van der Waals surface area contributed by atoms with Crippen LogP contribution in [-0.4, -0.2) is 76.9 Å². The standard InChI is InChI=1S/C19H19N7O5S4/c1-7-21-19(35-25-7)34-5-8-4-32-16-12(15(28)26(16)13(8)17(29)30)23-14(27)11(24-31-9-2-3-9)10-6-33-18(20)22-10/h6,9,12,16H,2-5H2,1H3,(H2,20,22)(H,23,27)(H,29,30)/t12-,16+/m1/s1. The second kappa shape index (κ2) is 9.75. The highest BCUT2D eigenvalue weighted by Crippen LogP contribution is 2.41. The van der Waals surface area contributed by atoms with E-state index in [1.807, 2.05) is 0 Å². The Bertz CT molecular complexity index is 1250. The molecule has 2 aromatic heterocycles. The quantitative estimate of drug-likeness (QED) is 0.177. The van der Waals surface area contributed by atoms with E-state index in [1.54, 1.807) is 12.3 Å². The molecule has 12 nitrogen and oxygen atoms in total. The summed E-state index contributed by atoms with van der Waals surface area (Å²) in [6.45, 7) is 1.79. The molecule has 184 valence electrons. The van der Waals surface area contributed by atoms with Gasteiger partial charge in [-0.2, -0.15) is 4.37 Å². The highest BCUT2D eigenvalue weighted by Gasteiger charge is 2.54. The maximum Gasteiger partial charge on any atom is 0.352 e. The number of anilines is 1. The number of nitrogen functional groups attached to an aromatic ring is 1. The van der Waals surface area contributed by atoms with Gasteiger partial charge in [-0.1, -0.05) is 16.9 Å². The fourth-order valence-corrected chi connectivity index (χ4v) is 7.07. The van der Waals surface area contributed by atoms with E-state index in [0.29, 0.717) is 22.9 Å². The number of aliphatic carboxylic acids is 1. The van der Waals surface area contributed by atoms with Gasteiger partial charge >= 0.3 is 5.97 Å². The molecule has 1 saturated heterocycles. The van der Waals surface area contributed by atoms with Gasteiger partial charge in [-0.25, -0.2) is 14.8 Å². The zero-order chi connectivity index (χ0) is 24.7. The SMILES string of the molecule is Cc1nsc(SCC2=C(C(=O)O)N3C(=O)[C@@H](NC(=O)C(=NOC4CC4)c4csc(N)n4)[C@@H]3SC2)n1. The molecule has 4 N–H and O–H groups in total. The molecule has 0 spiro atoms. The topological polar surface area (TPSA) is 173 Å². The van der Waals surface area contributed by atoms with E-state index >= 15 is 0 Å². The van der Waals surface area contributed by atoms with E-state index in [0.717, 1.165) is 28.5 Å². The fourth-order valence-electron chi connectivity index (χ4n) is 3.39. The van der Waals surface area contributed by atoms with Gasteiger partial charge in [0, 0.05) is 16.9 Å². The maximum absolute atomic E-state index is 13.0. The second-order valence-corrected chi connectivity index (χ2v) is 11.8. The number of carboxylic acid groups (broad SMARTS) is 1. The van der Waals surface area contributed by atoms with Gasteiger partial charge < -0.3 is 21.0 Å². The molecular formula is C19H19N7O5S4. The van der Waals surface area contributed by atoms with E-state index in [9.17, 15) is 19.5 Å². The number of amides is 2. The van der Waals surface area contributed by atoms with E-state index in [-0.39, 0.29) is 28.3 Å². The van der Waals surface area contributed by atoms with Crippen LogP contribution >= 0.6 is 46.4 Å². The van der Waals surface area contributed by atoms with Gasteiger partial charge in [0.2, 0.25) is 0 Å². The van der Waals surface area contributed by atoms with Gasteiger partial charge in [-0.05, 0) is 36.9 Å². The smallest absolute Gasteiger partial charge is 0.352 e. The highest BCUT2D eigenvalue weighted by molar-refractivity contribution is 8.01. The van der Waals surface area contributed by atoms with Gasteiger partial charge in [0.25, 0.3) is 11.8 Å². The van der Waals surface area contributed by atoms with Crippen molar-refractivity contribution >= 4 is 75.0 Å². The third-order valence-corrected chi connectivity index (χ3v) is 9.24. The zero-order valence-corrected chi connectivity index (χ0v) is 21.4. The number of carbonyl (C=O) groups excluding carboxylic acids is 2. The first kappa shape index (κ1) is 24.0. The Labute approximate surface area is 215 Å². The van der Waals surface area contributed by atoms with Crippen LogP contribution in [0.15, 0.2) is 26.1 Å². The Kier molecular flexibility index (Phi) is 6.69. The molecule has 2 aromatic rings. The minimum absolute atomic E-state index is 0.0351. The van der Waals surface area contributed by atoms with Crippen LogP contribution in [0.2, 0.25) is 0 Å². The number of carbonyl (C=O) groups is 3. The number of rotatable bonds is 9. The molecular weight excluding hydrogens is 535 g/mol. The predicted octanol–water partition coefficient (Wildman–Crippen LogP) is 1.30. The number of nitrogens with one attached hydrogen (secondary N) is 1. The molecule has 5 rings (SSSR count). The maximum atomic E-state index is 13.0. The molecule has 0 unspecified atom stereocenters. The molecule has 16 heteroatoms. The van der Waals surface area contributed by atoms with Crippen LogP contribution in [0.4, 0.5) is 5.13 Å². The lowest BCUT2D eigenvalue weighted by Gasteiger charge is -2.49. The third kappa shape index (κ3) is 5.00. The van der Waals surface area contributed by atoms with Gasteiger partial charge in [-0.3, -0.25) is 14.5 Å². The average Bonchev–Trinajstić information content (AvgIpc) is 3.41. The lowest BCUT2D eigenvalue weighted by Crippen LogP contribution is -2.71. The minimum atomic E-state index is -1.18. The van der Waals surface area contributed by atoms with Crippen molar-refractivity contribution in [2.45, 2.75) is 41.6 Å². The Balaban J connectivity index is 1.30. The van der Waals surface area contributed by atoms with Crippen molar-refractivity contribution in [1.29, 1.82) is 0 Å². The molecule has 35 heavy (non-hydrogen) atoms. The van der Waals surface area contributed by atoms with Gasteiger partial charge in [0.05, 0.1) is 0 Å². The van der Waals surface area contributed by atoms with Gasteiger partial charge in [0.15, 0.2) is 15.2 Å². The number of thioether (sulfide) groups is 2. The Hall–Kier alpha value is -2.69. The first-order chi connectivity index (χ1) is 16.8. The van der Waals surface area contributed by atoms with E-state index in [2.05, 4.69) is 24.8 Å². The number of carboxylic acids is 1. The first-order valence-corrected chi connectivity index (χ1v) is 14.1. The molecule has 1 saturated carbocycles. The number of nitrogens with zero attached hydrogens (tertiary/aromatic N) is 5. The Morgan fingerprint density at radius 3 is 2.83 bits per heavy atom. The molecule has 2 atom stereocenters. The summed E-state index contributed by atoms with van der Waals surface area (Å²) >= 11 is 5.18. The number of aryl methyl sites for hydroxylation is 1. The van der Waals surface area contributed by atoms with Crippen LogP contribution in [0, 0.1) is 6.92 Å². The lowest BCUT2D eigenvalue weighted by molar-refractivity contribution is -0.150. The number of nitrogens with two attached hydrogens (primary N) is 1. The van der Waals surface area contributed by atoms with Crippen LogP contribution in [0.5, 0.6) is 0 Å². The zero-order valence-electron chi connectivity index (χ0n) is 18.2. The summed E-state index contributed by atoms with van der Waals surface area (Å²) in [5.74, 6) is -0.884. The number of β-lactam (4-membered cyclic amide) rings is 1. The molecule has 2 aliphatic heterocycles. The number of hydrogen-bond donors (Lipinski definition) is 3. The largest absolute Gasteiger partial charge is 0.477 e. The van der Waals surface area contributed by atoms with Crippen molar-refractivity contribution in [3.05, 3.63) is 28.2 Å². The second-order valence-electron chi connectivity index (χ2n) is 7.83. The van der Waals surface area contributed by atoms with Crippen molar-refractivity contribution < 1.29 is 24.3 Å². The predicted molar refractivity (Wildman–Crippen MR) is 132 cm³/mol. The van der Waals surface area contributed by atoms with Crippen LogP contribution in [-0.2, 0) is 19.2 Å². The van der Waals surface area contributed by atoms with Crippen molar-refractivity contribution in [2.75, 3.05) is 17.2 Å². The van der Waals surface area contributed by atoms with E-state index in [1.165, 1.54) is 40.0 Å². The molecule has 0 radical (unpaired) electrons. The van der Waals surface area contributed by atoms with Crippen LogP contribution in [0.3, 0.4) is 0 Å². The summed E-state index contributed by atoms with van der Waals surface area (Å²) in [4.78, 5) is 53.0. The summed E-state index contributed by atoms with van der Waals surface area (Å²) in [7, 11) is 0. The van der Waals surface area contributed by atoms with Crippen molar-refractivity contribution in [3.63, 3.8) is 0 Å². The molecule has 1 aliphatic carbocycles. The first-order valence-electron chi connectivity index (χ1n) is 10.4. The normalized spacial score (nSPS) is 22.0. The summed E-state index contributed by atoms with van der Waals surface area (Å²) in [5.41, 5.74) is 6.45. The van der Waals surface area contributed by atoms with Crippen molar-refractivity contribution in [2.24, 2.45) is 5.16 Å². The van der Waals surface area contributed by atoms with Gasteiger partial charge in [-0.15, -0.1) is 23.1 Å². The van der Waals surface area contributed by atoms with Crippen molar-refractivity contribution in [3.8, 4) is 0 Å². The molecule has 2 amide bonds. The lowest BCUT2D eigenvalue weighted by atomic mass is 10.0. The van der Waals surface area contributed by atoms with E-state index < -0.39 is 29.2 Å². The molecule has 2 fully saturated rings. The fraction of sp³-hybridized carbons (Fsp3) is 0.421. The monoisotopic (exact) mass is 553 g/mol. The average molecular weight is 554 g/mol. The number of fused-ring (bicyclic) bond motifs is 1. The summed E-state index contributed by atoms with van der Waals surface area (Å²) in [6, 6.07) is -0.899. The number of thiazole rings is 1. The molecule has 0 aromatic carbocycles. The number of aromatic nitrogens is 3. The third-order valence-electron chi connectivity index (χ3n) is 5.21. The number of oxime groups is 1. The van der Waals surface area contributed by atoms with Gasteiger partial charge in [0.1, 0.15) is 34.7 Å².